The molecule has 2 aromatic carbocycles. The van der Waals surface area contributed by atoms with Crippen molar-refractivity contribution in [2.75, 3.05) is 20.2 Å². The molecule has 4 atom stereocenters. The van der Waals surface area contributed by atoms with Gasteiger partial charge in [-0.2, -0.15) is 0 Å². The summed E-state index contributed by atoms with van der Waals surface area (Å²) in [6.07, 6.45) is 4.32. The number of piperidine rings is 2. The van der Waals surface area contributed by atoms with Crippen molar-refractivity contribution in [1.29, 1.82) is 0 Å². The van der Waals surface area contributed by atoms with Crippen LogP contribution in [0.25, 0.3) is 0 Å². The van der Waals surface area contributed by atoms with Crippen LogP contribution in [0.4, 0.5) is 9.59 Å². The SMILES string of the molecule is CC(C)(C)OC(=O)N1CCCCC1C(C(=O)O)c1ccccc1.COC(=O)C(c1ccccc1)C1CCCCN1C(=O)OC(C)(C)C. The summed E-state index contributed by atoms with van der Waals surface area (Å²) in [5, 5.41) is 9.73. The van der Waals surface area contributed by atoms with E-state index in [9.17, 15) is 24.3 Å². The van der Waals surface area contributed by atoms with E-state index in [0.717, 1.165) is 43.2 Å². The first kappa shape index (κ1) is 37.4. The summed E-state index contributed by atoms with van der Waals surface area (Å²) in [5.41, 5.74) is 0.433. The number of carbonyl (C=O) groups excluding carboxylic acids is 3. The Morgan fingerprint density at radius 3 is 1.40 bits per heavy atom. The highest BCUT2D eigenvalue weighted by Crippen LogP contribution is 2.34. The summed E-state index contributed by atoms with van der Waals surface area (Å²) in [7, 11) is 1.39. The van der Waals surface area contributed by atoms with E-state index in [1.165, 1.54) is 7.11 Å². The first-order chi connectivity index (χ1) is 22.1. The standard InChI is InChI=1S/C19H27NO4.C18H25NO4/c1-19(2,3)24-18(22)20-13-9-8-12-15(20)16(17(21)23-4)14-10-6-5-7-11-14;1-18(2,3)23-17(22)19-12-8-7-11-14(19)15(16(20)21)13-9-5-4-6-10-13/h5-7,10-11,15-16H,8-9,12-13H2,1-4H3;4-6,9-10,14-15H,7-8,11-12H2,1-3H3,(H,20,21). The van der Waals surface area contributed by atoms with Crippen molar-refractivity contribution in [3.8, 4) is 0 Å². The maximum atomic E-state index is 12.6. The number of ether oxygens (including phenoxy) is 3. The van der Waals surface area contributed by atoms with E-state index in [0.29, 0.717) is 19.5 Å². The van der Waals surface area contributed by atoms with Gasteiger partial charge in [0.25, 0.3) is 0 Å². The first-order valence-corrected chi connectivity index (χ1v) is 16.5. The zero-order valence-electron chi connectivity index (χ0n) is 28.9. The highest BCUT2D eigenvalue weighted by Gasteiger charge is 2.41. The number of esters is 1. The van der Waals surface area contributed by atoms with Crippen LogP contribution in [-0.2, 0) is 23.8 Å². The Hall–Kier alpha value is -4.08. The third-order valence-electron chi connectivity index (χ3n) is 8.16. The Kier molecular flexibility index (Phi) is 13.2. The lowest BCUT2D eigenvalue weighted by atomic mass is 9.85. The normalized spacial score (nSPS) is 19.7. The summed E-state index contributed by atoms with van der Waals surface area (Å²) < 4.78 is 16.0. The van der Waals surface area contributed by atoms with Crippen molar-refractivity contribution in [2.24, 2.45) is 0 Å². The van der Waals surface area contributed by atoms with Gasteiger partial charge >= 0.3 is 24.1 Å². The molecule has 0 aromatic heterocycles. The monoisotopic (exact) mass is 652 g/mol. The number of amides is 2. The van der Waals surface area contributed by atoms with E-state index >= 15 is 0 Å². The van der Waals surface area contributed by atoms with Gasteiger partial charge in [-0.15, -0.1) is 0 Å². The molecule has 2 aliphatic heterocycles. The second-order valence-electron chi connectivity index (χ2n) is 14.1. The molecule has 4 rings (SSSR count). The van der Waals surface area contributed by atoms with Gasteiger partial charge in [0.1, 0.15) is 23.0 Å². The van der Waals surface area contributed by atoms with E-state index in [2.05, 4.69) is 0 Å². The number of likely N-dealkylation sites (tertiary alicyclic amines) is 2. The lowest BCUT2D eigenvalue weighted by molar-refractivity contribution is -0.144. The molecule has 2 amide bonds. The quantitative estimate of drug-likeness (QED) is 0.253. The molecule has 1 N–H and O–H groups in total. The average molecular weight is 653 g/mol. The smallest absolute Gasteiger partial charge is 0.410 e. The van der Waals surface area contributed by atoms with Crippen LogP contribution in [0.2, 0.25) is 0 Å². The van der Waals surface area contributed by atoms with Crippen LogP contribution < -0.4 is 0 Å². The van der Waals surface area contributed by atoms with Crippen molar-refractivity contribution < 1.29 is 38.5 Å². The van der Waals surface area contributed by atoms with Crippen LogP contribution >= 0.6 is 0 Å². The number of carboxylic acids is 1. The van der Waals surface area contributed by atoms with E-state index in [1.54, 1.807) is 21.9 Å². The Morgan fingerprint density at radius 1 is 0.660 bits per heavy atom. The van der Waals surface area contributed by atoms with Gasteiger partial charge in [0.15, 0.2) is 0 Å². The Morgan fingerprint density at radius 2 is 1.04 bits per heavy atom. The van der Waals surface area contributed by atoms with Crippen LogP contribution in [0, 0.1) is 0 Å². The number of aliphatic carboxylic acids is 1. The van der Waals surface area contributed by atoms with E-state index in [1.807, 2.05) is 90.1 Å². The zero-order chi connectivity index (χ0) is 34.8. The minimum Gasteiger partial charge on any atom is -0.481 e. The number of methoxy groups -OCH3 is 1. The molecule has 2 heterocycles. The molecule has 0 radical (unpaired) electrons. The lowest BCUT2D eigenvalue weighted by Gasteiger charge is -2.40. The predicted octanol–water partition coefficient (Wildman–Crippen LogP) is 7.38. The number of carboxylic acid groups (broad SMARTS) is 1. The highest BCUT2D eigenvalue weighted by atomic mass is 16.6. The summed E-state index contributed by atoms with van der Waals surface area (Å²) in [6, 6.07) is 18.0. The fourth-order valence-corrected chi connectivity index (χ4v) is 6.19. The maximum Gasteiger partial charge on any atom is 0.410 e. The Bertz CT molecular complexity index is 1320. The highest BCUT2D eigenvalue weighted by molar-refractivity contribution is 5.81. The maximum absolute atomic E-state index is 12.6. The third kappa shape index (κ3) is 11.0. The summed E-state index contributed by atoms with van der Waals surface area (Å²) in [5.74, 6) is -2.45. The van der Waals surface area contributed by atoms with Crippen LogP contribution in [0.5, 0.6) is 0 Å². The average Bonchev–Trinajstić information content (AvgIpc) is 3.01. The number of hydrogen-bond donors (Lipinski definition) is 1. The molecule has 0 spiro atoms. The van der Waals surface area contributed by atoms with Crippen molar-refractivity contribution in [2.45, 2.75) is 115 Å². The molecule has 0 aliphatic carbocycles. The van der Waals surface area contributed by atoms with Gasteiger partial charge in [0.2, 0.25) is 0 Å². The topological polar surface area (TPSA) is 123 Å². The summed E-state index contributed by atoms with van der Waals surface area (Å²) >= 11 is 0. The lowest BCUT2D eigenvalue weighted by Crippen LogP contribution is -2.50. The van der Waals surface area contributed by atoms with Gasteiger partial charge in [0, 0.05) is 13.1 Å². The van der Waals surface area contributed by atoms with Gasteiger partial charge in [-0.1, -0.05) is 60.7 Å². The zero-order valence-corrected chi connectivity index (χ0v) is 28.9. The second kappa shape index (κ2) is 16.7. The van der Waals surface area contributed by atoms with Gasteiger partial charge in [-0.25, -0.2) is 9.59 Å². The molecule has 0 bridgehead atoms. The van der Waals surface area contributed by atoms with Crippen molar-refractivity contribution in [3.63, 3.8) is 0 Å². The molecule has 0 saturated carbocycles. The minimum absolute atomic E-state index is 0.247. The van der Waals surface area contributed by atoms with Crippen molar-refractivity contribution >= 4 is 24.1 Å². The molecular weight excluding hydrogens is 600 g/mol. The van der Waals surface area contributed by atoms with Crippen LogP contribution in [0.1, 0.15) is 103 Å². The second-order valence-corrected chi connectivity index (χ2v) is 14.1. The van der Waals surface area contributed by atoms with Gasteiger partial charge in [-0.05, 0) is 91.2 Å². The Balaban J connectivity index is 0.000000256. The number of benzene rings is 2. The number of rotatable bonds is 6. The van der Waals surface area contributed by atoms with E-state index < -0.39 is 35.1 Å². The van der Waals surface area contributed by atoms with E-state index in [-0.39, 0.29) is 24.1 Å². The molecular formula is C37H52N2O8. The third-order valence-corrected chi connectivity index (χ3v) is 8.16. The minimum atomic E-state index is -0.906. The van der Waals surface area contributed by atoms with Crippen LogP contribution in [0.3, 0.4) is 0 Å². The predicted molar refractivity (Wildman–Crippen MR) is 179 cm³/mol. The number of nitrogens with zero attached hydrogens (tertiary/aromatic N) is 2. The van der Waals surface area contributed by atoms with E-state index in [4.69, 9.17) is 14.2 Å². The number of carbonyl (C=O) groups is 4. The van der Waals surface area contributed by atoms with Gasteiger partial charge in [-0.3, -0.25) is 9.59 Å². The molecule has 2 fully saturated rings. The van der Waals surface area contributed by atoms with Crippen molar-refractivity contribution in [1.82, 2.24) is 9.80 Å². The van der Waals surface area contributed by atoms with Crippen LogP contribution in [-0.4, -0.2) is 82.5 Å². The summed E-state index contributed by atoms with van der Waals surface area (Å²) in [6.45, 7) is 12.1. The molecule has 2 aromatic rings. The summed E-state index contributed by atoms with van der Waals surface area (Å²) in [4.78, 5) is 52.7. The molecule has 10 nitrogen and oxygen atoms in total. The fourth-order valence-electron chi connectivity index (χ4n) is 6.19. The molecule has 2 aliphatic rings. The van der Waals surface area contributed by atoms with Gasteiger partial charge < -0.3 is 29.1 Å². The van der Waals surface area contributed by atoms with Gasteiger partial charge in [0.05, 0.1) is 19.2 Å². The molecule has 47 heavy (non-hydrogen) atoms. The Labute approximate surface area is 279 Å². The fraction of sp³-hybridized carbons (Fsp3) is 0.568. The molecule has 4 unspecified atom stereocenters. The van der Waals surface area contributed by atoms with Crippen molar-refractivity contribution in [3.05, 3.63) is 71.8 Å². The molecule has 258 valence electrons. The van der Waals surface area contributed by atoms with Crippen LogP contribution in [0.15, 0.2) is 60.7 Å². The first-order valence-electron chi connectivity index (χ1n) is 16.5. The largest absolute Gasteiger partial charge is 0.481 e. The number of hydrogen-bond acceptors (Lipinski definition) is 7. The molecule has 10 heteroatoms. The molecule has 2 saturated heterocycles.